The second-order valence-corrected chi connectivity index (χ2v) is 9.77. The monoisotopic (exact) mass is 650 g/mol. The molecule has 1 amide bonds. The normalized spacial score (nSPS) is 10.8. The summed E-state index contributed by atoms with van der Waals surface area (Å²) in [5, 5.41) is 4.16. The molecule has 4 rings (SSSR count). The average Bonchev–Trinajstić information content (AvgIpc) is 2.97. The predicted octanol–water partition coefficient (Wildman–Crippen LogP) is 7.01. The van der Waals surface area contributed by atoms with Gasteiger partial charge in [-0.2, -0.15) is 5.10 Å². The number of nitrogens with zero attached hydrogens (tertiary/aromatic N) is 1. The maximum atomic E-state index is 12.8. The first-order valence-electron chi connectivity index (χ1n) is 13.0. The van der Waals surface area contributed by atoms with Crippen molar-refractivity contribution in [2.45, 2.75) is 27.1 Å². The highest BCUT2D eigenvalue weighted by Gasteiger charge is 2.14. The van der Waals surface area contributed by atoms with E-state index >= 15 is 0 Å². The van der Waals surface area contributed by atoms with Gasteiger partial charge in [0.15, 0.2) is 23.0 Å². The molecule has 1 N–H and O–H groups in total. The van der Waals surface area contributed by atoms with Crippen LogP contribution in [-0.4, -0.2) is 25.3 Å². The zero-order valence-electron chi connectivity index (χ0n) is 22.4. The quantitative estimate of drug-likeness (QED) is 0.0958. The third-order valence-corrected chi connectivity index (χ3v) is 6.48. The van der Waals surface area contributed by atoms with Gasteiger partial charge in [-0.1, -0.05) is 60.7 Å². The van der Waals surface area contributed by atoms with Crippen LogP contribution < -0.4 is 24.4 Å². The second-order valence-electron chi connectivity index (χ2n) is 8.61. The van der Waals surface area contributed by atoms with Crippen molar-refractivity contribution in [1.82, 2.24) is 5.43 Å². The van der Waals surface area contributed by atoms with Gasteiger partial charge in [-0.25, -0.2) is 5.43 Å². The minimum atomic E-state index is -0.366. The predicted molar refractivity (Wildman–Crippen MR) is 165 cm³/mol. The smallest absolute Gasteiger partial charge is 0.271 e. The number of ether oxygens (including phenoxy) is 4. The van der Waals surface area contributed by atoms with Gasteiger partial charge >= 0.3 is 0 Å². The van der Waals surface area contributed by atoms with Crippen molar-refractivity contribution < 1.29 is 23.7 Å². The van der Waals surface area contributed by atoms with Gasteiger partial charge in [-0.05, 0) is 83.5 Å². The van der Waals surface area contributed by atoms with Crippen molar-refractivity contribution in [3.8, 4) is 23.0 Å². The van der Waals surface area contributed by atoms with Crippen molar-refractivity contribution in [2.75, 3.05) is 13.2 Å². The number of rotatable bonds is 13. The van der Waals surface area contributed by atoms with Gasteiger partial charge < -0.3 is 18.9 Å². The van der Waals surface area contributed by atoms with Gasteiger partial charge in [0.25, 0.3) is 5.91 Å². The van der Waals surface area contributed by atoms with Crippen LogP contribution in [0.25, 0.3) is 0 Å². The lowest BCUT2D eigenvalue weighted by Gasteiger charge is -2.15. The molecule has 0 atom stereocenters. The largest absolute Gasteiger partial charge is 0.490 e. The fourth-order valence-electron chi connectivity index (χ4n) is 3.80. The number of nitrogens with one attached hydrogen (secondary N) is 1. The molecule has 0 saturated heterocycles. The molecule has 206 valence electrons. The van der Waals surface area contributed by atoms with Crippen molar-refractivity contribution >= 4 is 34.7 Å². The van der Waals surface area contributed by atoms with E-state index in [1.54, 1.807) is 24.4 Å². The van der Waals surface area contributed by atoms with Crippen molar-refractivity contribution in [3.05, 3.63) is 117 Å². The second kappa shape index (κ2) is 14.9. The number of benzene rings is 4. The van der Waals surface area contributed by atoms with E-state index in [2.05, 4.69) is 33.1 Å². The molecular formula is C32H31IN2O5. The lowest BCUT2D eigenvalue weighted by molar-refractivity contribution is 0.0954. The topological polar surface area (TPSA) is 78.4 Å². The number of halogens is 1. The molecule has 0 radical (unpaired) electrons. The summed E-state index contributed by atoms with van der Waals surface area (Å²) in [6, 6.07) is 28.7. The van der Waals surface area contributed by atoms with E-state index in [1.165, 1.54) is 0 Å². The molecule has 0 spiro atoms. The van der Waals surface area contributed by atoms with Gasteiger partial charge in [0.05, 0.1) is 23.0 Å². The number of carbonyl (C=O) groups excluding carboxylic acids is 1. The Hall–Kier alpha value is -4.05. The summed E-state index contributed by atoms with van der Waals surface area (Å²) in [7, 11) is 0. The van der Waals surface area contributed by atoms with Gasteiger partial charge in [0, 0.05) is 5.56 Å². The van der Waals surface area contributed by atoms with Crippen LogP contribution in [0.4, 0.5) is 0 Å². The number of carbonyl (C=O) groups is 1. The fraction of sp³-hybridized carbons (Fsp3) is 0.188. The van der Waals surface area contributed by atoms with Gasteiger partial charge in [-0.3, -0.25) is 4.79 Å². The molecule has 8 heteroatoms. The first kappa shape index (κ1) is 28.9. The van der Waals surface area contributed by atoms with Crippen LogP contribution in [0.3, 0.4) is 0 Å². The summed E-state index contributed by atoms with van der Waals surface area (Å²) in [6.45, 7) is 5.56. The molecule has 0 fully saturated rings. The third-order valence-electron chi connectivity index (χ3n) is 5.68. The van der Waals surface area contributed by atoms with Crippen molar-refractivity contribution in [2.24, 2.45) is 5.10 Å². The van der Waals surface area contributed by atoms with Crippen molar-refractivity contribution in [1.29, 1.82) is 0 Å². The Labute approximate surface area is 248 Å². The molecule has 0 aliphatic rings. The summed E-state index contributed by atoms with van der Waals surface area (Å²) >= 11 is 2.21. The zero-order chi connectivity index (χ0) is 28.2. The Morgan fingerprint density at radius 2 is 1.38 bits per heavy atom. The molecule has 0 aliphatic heterocycles. The molecule has 7 nitrogen and oxygen atoms in total. The summed E-state index contributed by atoms with van der Waals surface area (Å²) in [6.07, 6.45) is 1.57. The van der Waals surface area contributed by atoms with E-state index in [0.717, 1.165) is 20.3 Å². The van der Waals surface area contributed by atoms with E-state index in [0.29, 0.717) is 55.0 Å². The van der Waals surface area contributed by atoms with Gasteiger partial charge in [0.1, 0.15) is 13.2 Å². The molecule has 0 heterocycles. The zero-order valence-corrected chi connectivity index (χ0v) is 24.6. The number of amides is 1. The first-order valence-corrected chi connectivity index (χ1v) is 14.0. The third kappa shape index (κ3) is 8.22. The summed E-state index contributed by atoms with van der Waals surface area (Å²) < 4.78 is 24.4. The summed E-state index contributed by atoms with van der Waals surface area (Å²) in [4.78, 5) is 12.8. The molecule has 0 unspecified atom stereocenters. The SMILES string of the molecule is CCOc1cc(C(=O)N/N=C/c2cc(I)c(OCc3ccccc3)c(OCC)c2)ccc1OCc1ccccc1. The van der Waals surface area contributed by atoms with Crippen molar-refractivity contribution in [3.63, 3.8) is 0 Å². The highest BCUT2D eigenvalue weighted by atomic mass is 127. The lowest BCUT2D eigenvalue weighted by atomic mass is 10.2. The Morgan fingerprint density at radius 1 is 0.750 bits per heavy atom. The maximum absolute atomic E-state index is 12.8. The molecule has 40 heavy (non-hydrogen) atoms. The van der Waals surface area contributed by atoms with E-state index in [9.17, 15) is 4.79 Å². The van der Waals surface area contributed by atoms with Crippen LogP contribution in [-0.2, 0) is 13.2 Å². The molecule has 0 saturated carbocycles. The Bertz CT molecular complexity index is 1430. The Kier molecular flexibility index (Phi) is 10.8. The highest BCUT2D eigenvalue weighted by Crippen LogP contribution is 2.34. The van der Waals surface area contributed by atoms with Crippen LogP contribution in [0, 0.1) is 3.57 Å². The minimum Gasteiger partial charge on any atom is -0.490 e. The van der Waals surface area contributed by atoms with Crippen LogP contribution in [0.15, 0.2) is 96.1 Å². The molecule has 4 aromatic rings. The number of hydrogen-bond donors (Lipinski definition) is 1. The fourth-order valence-corrected chi connectivity index (χ4v) is 4.58. The lowest BCUT2D eigenvalue weighted by Crippen LogP contribution is -2.17. The maximum Gasteiger partial charge on any atom is 0.271 e. The van der Waals surface area contributed by atoms with Crippen LogP contribution in [0.2, 0.25) is 0 Å². The van der Waals surface area contributed by atoms with E-state index < -0.39 is 0 Å². The number of hydrazone groups is 1. The summed E-state index contributed by atoms with van der Waals surface area (Å²) in [5.74, 6) is 1.99. The average molecular weight is 651 g/mol. The number of hydrogen-bond acceptors (Lipinski definition) is 6. The molecule has 0 aliphatic carbocycles. The summed E-state index contributed by atoms with van der Waals surface area (Å²) in [5.41, 5.74) is 5.86. The van der Waals surface area contributed by atoms with Gasteiger partial charge in [0.2, 0.25) is 0 Å². The molecular weight excluding hydrogens is 619 g/mol. The minimum absolute atomic E-state index is 0.366. The molecule has 4 aromatic carbocycles. The Balaban J connectivity index is 1.42. The highest BCUT2D eigenvalue weighted by molar-refractivity contribution is 14.1. The molecule has 0 bridgehead atoms. The standard InChI is InChI=1S/C32H31IN2O5/c1-3-37-29-19-26(15-16-28(29)39-21-23-11-7-5-8-12-23)32(36)35-34-20-25-17-27(33)31(30(18-25)38-4-2)40-22-24-13-9-6-10-14-24/h5-20H,3-4,21-22H2,1-2H3,(H,35,36)/b34-20+. The van der Waals surface area contributed by atoms with E-state index in [-0.39, 0.29) is 5.91 Å². The van der Waals surface area contributed by atoms with E-state index in [1.807, 2.05) is 86.6 Å². The first-order chi connectivity index (χ1) is 19.6. The van der Waals surface area contributed by atoms with Gasteiger partial charge in [-0.15, -0.1) is 0 Å². The van der Waals surface area contributed by atoms with Crippen LogP contribution in [0.1, 0.15) is 40.9 Å². The van der Waals surface area contributed by atoms with Crippen LogP contribution in [0.5, 0.6) is 23.0 Å². The Morgan fingerprint density at radius 3 is 2.02 bits per heavy atom. The van der Waals surface area contributed by atoms with Crippen LogP contribution >= 0.6 is 22.6 Å². The van der Waals surface area contributed by atoms with E-state index in [4.69, 9.17) is 18.9 Å². The molecule has 0 aromatic heterocycles.